The fourth-order valence-corrected chi connectivity index (χ4v) is 5.31. The van der Waals surface area contributed by atoms with Crippen LogP contribution >= 0.6 is 0 Å². The van der Waals surface area contributed by atoms with Crippen molar-refractivity contribution in [3.8, 4) is 0 Å². The van der Waals surface area contributed by atoms with E-state index in [9.17, 15) is 18.0 Å². The Morgan fingerprint density at radius 2 is 1.69 bits per heavy atom. The number of nitrogens with one attached hydrogen (secondary N) is 2. The van der Waals surface area contributed by atoms with E-state index in [2.05, 4.69) is 10.6 Å². The normalized spacial score (nSPS) is 15.3. The number of aryl methyl sites for hydroxylation is 1. The SMILES string of the molecule is Cc1ccc(NC(=O)CNC(=O)/C=C/c2ccccc2)cc1S(=O)(=O)N1CCCCCC1. The van der Waals surface area contributed by atoms with Crippen molar-refractivity contribution in [3.63, 3.8) is 0 Å². The number of carbonyl (C=O) groups is 2. The molecule has 1 aliphatic rings. The van der Waals surface area contributed by atoms with Crippen LogP contribution in [0.2, 0.25) is 0 Å². The Labute approximate surface area is 189 Å². The van der Waals surface area contributed by atoms with Gasteiger partial charge in [0, 0.05) is 24.9 Å². The maximum Gasteiger partial charge on any atom is 0.244 e. The molecular formula is C24H29N3O4S. The van der Waals surface area contributed by atoms with E-state index in [4.69, 9.17) is 0 Å². The van der Waals surface area contributed by atoms with E-state index in [-0.39, 0.29) is 11.4 Å². The third kappa shape index (κ3) is 6.51. The highest BCUT2D eigenvalue weighted by Crippen LogP contribution is 2.25. The summed E-state index contributed by atoms with van der Waals surface area (Å²) in [4.78, 5) is 24.4. The molecule has 32 heavy (non-hydrogen) atoms. The number of amides is 2. The lowest BCUT2D eigenvalue weighted by Crippen LogP contribution is -2.33. The molecule has 0 spiro atoms. The minimum atomic E-state index is -3.63. The first kappa shape index (κ1) is 23.7. The summed E-state index contributed by atoms with van der Waals surface area (Å²) < 4.78 is 27.8. The number of hydrogen-bond acceptors (Lipinski definition) is 4. The topological polar surface area (TPSA) is 95.6 Å². The number of nitrogens with zero attached hydrogens (tertiary/aromatic N) is 1. The second-order valence-corrected chi connectivity index (χ2v) is 9.71. The van der Waals surface area contributed by atoms with E-state index in [0.29, 0.717) is 24.3 Å². The zero-order valence-corrected chi connectivity index (χ0v) is 19.0. The summed E-state index contributed by atoms with van der Waals surface area (Å²) in [6, 6.07) is 14.2. The van der Waals surface area contributed by atoms with Gasteiger partial charge in [-0.3, -0.25) is 9.59 Å². The highest BCUT2D eigenvalue weighted by atomic mass is 32.2. The number of carbonyl (C=O) groups excluding carboxylic acids is 2. The zero-order valence-electron chi connectivity index (χ0n) is 18.2. The van der Waals surface area contributed by atoms with Gasteiger partial charge < -0.3 is 10.6 Å². The molecule has 3 rings (SSSR count). The van der Waals surface area contributed by atoms with Crippen LogP contribution in [-0.4, -0.2) is 44.2 Å². The van der Waals surface area contributed by atoms with E-state index in [1.165, 1.54) is 16.4 Å². The van der Waals surface area contributed by atoms with Crippen molar-refractivity contribution in [2.45, 2.75) is 37.5 Å². The van der Waals surface area contributed by atoms with Gasteiger partial charge in [-0.25, -0.2) is 8.42 Å². The standard InChI is InChI=1S/C24H29N3O4S/c1-19-11-13-21(17-22(19)32(30,31)27-15-7-2-3-8-16-27)26-24(29)18-25-23(28)14-12-20-9-5-4-6-10-20/h4-6,9-14,17H,2-3,7-8,15-16,18H2,1H3,(H,25,28)(H,26,29)/b14-12+. The molecule has 8 heteroatoms. The predicted molar refractivity (Wildman–Crippen MR) is 126 cm³/mol. The third-order valence-electron chi connectivity index (χ3n) is 5.30. The molecule has 1 heterocycles. The monoisotopic (exact) mass is 455 g/mol. The molecule has 1 aliphatic heterocycles. The highest BCUT2D eigenvalue weighted by Gasteiger charge is 2.27. The summed E-state index contributed by atoms with van der Waals surface area (Å²) in [7, 11) is -3.63. The maximum absolute atomic E-state index is 13.2. The van der Waals surface area contributed by atoms with E-state index < -0.39 is 21.8 Å². The van der Waals surface area contributed by atoms with Crippen molar-refractivity contribution in [1.82, 2.24) is 9.62 Å². The van der Waals surface area contributed by atoms with Gasteiger partial charge in [-0.15, -0.1) is 0 Å². The average Bonchev–Trinajstić information content (AvgIpc) is 3.08. The zero-order chi connectivity index (χ0) is 23.0. The van der Waals surface area contributed by atoms with Gasteiger partial charge in [-0.2, -0.15) is 4.31 Å². The van der Waals surface area contributed by atoms with E-state index in [1.807, 2.05) is 30.3 Å². The molecule has 0 radical (unpaired) electrons. The van der Waals surface area contributed by atoms with Gasteiger partial charge in [0.1, 0.15) is 0 Å². The van der Waals surface area contributed by atoms with Gasteiger partial charge in [0.2, 0.25) is 21.8 Å². The number of anilines is 1. The van der Waals surface area contributed by atoms with E-state index in [0.717, 1.165) is 31.2 Å². The van der Waals surface area contributed by atoms with Crippen molar-refractivity contribution in [1.29, 1.82) is 0 Å². The van der Waals surface area contributed by atoms with Gasteiger partial charge >= 0.3 is 0 Å². The molecule has 2 N–H and O–H groups in total. The first-order valence-electron chi connectivity index (χ1n) is 10.8. The Bertz CT molecular complexity index is 1070. The molecule has 1 saturated heterocycles. The van der Waals surface area contributed by atoms with Crippen LogP contribution < -0.4 is 10.6 Å². The minimum absolute atomic E-state index is 0.201. The van der Waals surface area contributed by atoms with Gasteiger partial charge in [-0.05, 0) is 49.1 Å². The molecule has 2 aromatic carbocycles. The summed E-state index contributed by atoms with van der Waals surface area (Å²) in [5.41, 5.74) is 1.89. The van der Waals surface area contributed by atoms with Gasteiger partial charge in [-0.1, -0.05) is 49.2 Å². The van der Waals surface area contributed by atoms with Crippen LogP contribution in [-0.2, 0) is 19.6 Å². The van der Waals surface area contributed by atoms with Gasteiger partial charge in [0.05, 0.1) is 11.4 Å². The molecule has 2 amide bonds. The summed E-state index contributed by atoms with van der Waals surface area (Å²) in [5.74, 6) is -0.828. The van der Waals surface area contributed by atoms with Crippen LogP contribution in [0.15, 0.2) is 59.5 Å². The summed E-state index contributed by atoms with van der Waals surface area (Å²) in [6.07, 6.45) is 6.80. The average molecular weight is 456 g/mol. The summed E-state index contributed by atoms with van der Waals surface area (Å²) >= 11 is 0. The smallest absolute Gasteiger partial charge is 0.244 e. The third-order valence-corrected chi connectivity index (χ3v) is 7.35. The van der Waals surface area contributed by atoms with E-state index in [1.54, 1.807) is 25.1 Å². The Morgan fingerprint density at radius 3 is 2.38 bits per heavy atom. The van der Waals surface area contributed by atoms with Crippen LogP contribution in [0.4, 0.5) is 5.69 Å². The molecule has 2 aromatic rings. The number of rotatable bonds is 7. The quantitative estimate of drug-likeness (QED) is 0.626. The lowest BCUT2D eigenvalue weighted by Gasteiger charge is -2.21. The van der Waals surface area contributed by atoms with Crippen LogP contribution in [0.1, 0.15) is 36.8 Å². The summed E-state index contributed by atoms with van der Waals surface area (Å²) in [5, 5.41) is 5.19. The second-order valence-electron chi connectivity index (χ2n) is 7.81. The largest absolute Gasteiger partial charge is 0.343 e. The first-order valence-corrected chi connectivity index (χ1v) is 12.2. The van der Waals surface area contributed by atoms with Gasteiger partial charge in [0.25, 0.3) is 0 Å². The lowest BCUT2D eigenvalue weighted by molar-refractivity contribution is -0.121. The van der Waals surface area contributed by atoms with E-state index >= 15 is 0 Å². The molecule has 0 aliphatic carbocycles. The van der Waals surface area contributed by atoms with Crippen LogP contribution in [0.25, 0.3) is 6.08 Å². The molecule has 0 saturated carbocycles. The number of benzene rings is 2. The van der Waals surface area contributed by atoms with Crippen LogP contribution in [0.5, 0.6) is 0 Å². The summed E-state index contributed by atoms with van der Waals surface area (Å²) in [6.45, 7) is 2.55. The van der Waals surface area contributed by atoms with Crippen molar-refractivity contribution in [2.24, 2.45) is 0 Å². The predicted octanol–water partition coefficient (Wildman–Crippen LogP) is 3.33. The maximum atomic E-state index is 13.2. The number of sulfonamides is 1. The molecule has 7 nitrogen and oxygen atoms in total. The Hall–Kier alpha value is -2.97. The minimum Gasteiger partial charge on any atom is -0.343 e. The second kappa shape index (κ2) is 11.1. The Morgan fingerprint density at radius 1 is 1.00 bits per heavy atom. The number of hydrogen-bond donors (Lipinski definition) is 2. The molecule has 0 bridgehead atoms. The van der Waals surface area contributed by atoms with Crippen molar-refractivity contribution < 1.29 is 18.0 Å². The fraction of sp³-hybridized carbons (Fsp3) is 0.333. The van der Waals surface area contributed by atoms with Gasteiger partial charge in [0.15, 0.2) is 0 Å². The lowest BCUT2D eigenvalue weighted by atomic mass is 10.2. The van der Waals surface area contributed by atoms with Crippen molar-refractivity contribution >= 4 is 33.6 Å². The molecule has 0 atom stereocenters. The Kier molecular flexibility index (Phi) is 8.19. The van der Waals surface area contributed by atoms with Crippen molar-refractivity contribution in [2.75, 3.05) is 25.0 Å². The molecule has 170 valence electrons. The molecular weight excluding hydrogens is 426 g/mol. The highest BCUT2D eigenvalue weighted by molar-refractivity contribution is 7.89. The fourth-order valence-electron chi connectivity index (χ4n) is 3.54. The van der Waals surface area contributed by atoms with Crippen LogP contribution in [0.3, 0.4) is 0 Å². The molecule has 0 unspecified atom stereocenters. The van der Waals surface area contributed by atoms with Crippen molar-refractivity contribution in [3.05, 3.63) is 65.7 Å². The Balaban J connectivity index is 1.60. The molecule has 1 fully saturated rings. The first-order chi connectivity index (χ1) is 15.4. The molecule has 0 aromatic heterocycles. The van der Waals surface area contributed by atoms with Crippen LogP contribution in [0, 0.1) is 6.92 Å².